The van der Waals surface area contributed by atoms with Gasteiger partial charge in [0.2, 0.25) is 0 Å². The number of carbonyl (C=O) groups is 3. The zero-order valence-electron chi connectivity index (χ0n) is 36.1. The molecule has 0 bridgehead atoms. The second-order valence-corrected chi connectivity index (χ2v) is 14.8. The van der Waals surface area contributed by atoms with Gasteiger partial charge in [0.05, 0.1) is 0 Å². The van der Waals surface area contributed by atoms with Crippen molar-refractivity contribution in [2.75, 3.05) is 13.2 Å². The van der Waals surface area contributed by atoms with E-state index in [0.717, 1.165) is 96.3 Å². The molecule has 0 saturated carbocycles. The van der Waals surface area contributed by atoms with Crippen LogP contribution in [0.15, 0.2) is 85.1 Å². The molecule has 0 aromatic rings. The van der Waals surface area contributed by atoms with Gasteiger partial charge < -0.3 is 14.2 Å². The van der Waals surface area contributed by atoms with Crippen molar-refractivity contribution in [3.05, 3.63) is 85.1 Å². The fraction of sp³-hybridized carbons (Fsp3) is 0.660. The predicted molar refractivity (Wildman–Crippen MR) is 237 cm³/mol. The van der Waals surface area contributed by atoms with Crippen molar-refractivity contribution in [2.24, 2.45) is 0 Å². The van der Waals surface area contributed by atoms with Crippen LogP contribution in [0.25, 0.3) is 0 Å². The quantitative estimate of drug-likeness (QED) is 0.0268. The molecule has 0 aliphatic heterocycles. The van der Waals surface area contributed by atoms with E-state index in [-0.39, 0.29) is 37.5 Å². The fourth-order valence-electron chi connectivity index (χ4n) is 5.80. The molecule has 318 valence electrons. The maximum Gasteiger partial charge on any atom is 0.306 e. The summed E-state index contributed by atoms with van der Waals surface area (Å²) in [6.07, 6.45) is 55.6. The number of rotatable bonds is 39. The molecule has 0 aliphatic rings. The Kier molecular flexibility index (Phi) is 41.6. The summed E-state index contributed by atoms with van der Waals surface area (Å²) < 4.78 is 16.6. The van der Waals surface area contributed by atoms with Gasteiger partial charge in [-0.05, 0) is 57.8 Å². The van der Waals surface area contributed by atoms with Gasteiger partial charge in [-0.3, -0.25) is 14.4 Å². The maximum absolute atomic E-state index is 12.7. The molecule has 1 unspecified atom stereocenters. The van der Waals surface area contributed by atoms with E-state index in [1.54, 1.807) is 0 Å². The minimum Gasteiger partial charge on any atom is -0.462 e. The van der Waals surface area contributed by atoms with Crippen molar-refractivity contribution in [3.63, 3.8) is 0 Å². The fourth-order valence-corrected chi connectivity index (χ4v) is 5.80. The molecule has 0 N–H and O–H groups in total. The number of esters is 3. The zero-order valence-corrected chi connectivity index (χ0v) is 36.1. The Morgan fingerprint density at radius 2 is 0.696 bits per heavy atom. The van der Waals surface area contributed by atoms with E-state index >= 15 is 0 Å². The third-order valence-electron chi connectivity index (χ3n) is 9.26. The van der Waals surface area contributed by atoms with Crippen molar-refractivity contribution in [1.82, 2.24) is 0 Å². The number of allylic oxidation sites excluding steroid dienone is 14. The molecule has 56 heavy (non-hydrogen) atoms. The minimum atomic E-state index is -0.797. The van der Waals surface area contributed by atoms with Gasteiger partial charge in [-0.15, -0.1) is 0 Å². The van der Waals surface area contributed by atoms with E-state index in [2.05, 4.69) is 69.4 Å². The summed E-state index contributed by atoms with van der Waals surface area (Å²) in [6, 6.07) is 0. The Morgan fingerprint density at radius 3 is 1.16 bits per heavy atom. The lowest BCUT2D eigenvalue weighted by Gasteiger charge is -2.18. The second kappa shape index (κ2) is 44.3. The van der Waals surface area contributed by atoms with Crippen molar-refractivity contribution in [1.29, 1.82) is 0 Å². The standard InChI is InChI=1S/C50H82O6/c1-4-7-10-13-16-19-21-22-23-24-25-26-27-29-31-34-37-40-43-49(52)55-46-47(45-54-48(51)42-39-36-33-30-18-15-12-9-6-3)56-50(53)44-41-38-35-32-28-20-17-14-11-8-5-2/h10,13-14,16-17,19-26,28,47H,4-9,11-12,15,18,27,29-46H2,1-3H3/b13-10-,17-14-,19-16-,22-21-,24-23-,26-25-,28-20-. The molecule has 0 aromatic heterocycles. The second-order valence-electron chi connectivity index (χ2n) is 14.8. The molecule has 0 aromatic carbocycles. The van der Waals surface area contributed by atoms with Crippen LogP contribution in [-0.4, -0.2) is 37.2 Å². The van der Waals surface area contributed by atoms with Crippen LogP contribution in [0.3, 0.4) is 0 Å². The summed E-state index contributed by atoms with van der Waals surface area (Å²) in [5.74, 6) is -0.961. The first-order chi connectivity index (χ1) is 27.5. The number of unbranched alkanes of at least 4 members (excludes halogenated alkanes) is 19. The summed E-state index contributed by atoms with van der Waals surface area (Å²) >= 11 is 0. The van der Waals surface area contributed by atoms with Gasteiger partial charge in [0.1, 0.15) is 13.2 Å². The van der Waals surface area contributed by atoms with Crippen molar-refractivity contribution < 1.29 is 28.6 Å². The lowest BCUT2D eigenvalue weighted by Crippen LogP contribution is -2.30. The van der Waals surface area contributed by atoms with E-state index in [1.807, 2.05) is 36.5 Å². The number of carbonyl (C=O) groups excluding carboxylic acids is 3. The van der Waals surface area contributed by atoms with Crippen LogP contribution in [0.4, 0.5) is 0 Å². The van der Waals surface area contributed by atoms with Gasteiger partial charge in [0, 0.05) is 19.3 Å². The van der Waals surface area contributed by atoms with Crippen LogP contribution in [0, 0.1) is 0 Å². The third kappa shape index (κ3) is 41.7. The monoisotopic (exact) mass is 779 g/mol. The van der Waals surface area contributed by atoms with Crippen LogP contribution in [0.2, 0.25) is 0 Å². The molecule has 6 heteroatoms. The van der Waals surface area contributed by atoms with Gasteiger partial charge in [-0.25, -0.2) is 0 Å². The number of ether oxygens (including phenoxy) is 3. The van der Waals surface area contributed by atoms with Crippen LogP contribution in [0.5, 0.6) is 0 Å². The highest BCUT2D eigenvalue weighted by atomic mass is 16.6. The Balaban J connectivity index is 4.44. The van der Waals surface area contributed by atoms with Gasteiger partial charge in [-0.2, -0.15) is 0 Å². The van der Waals surface area contributed by atoms with Crippen LogP contribution in [-0.2, 0) is 28.6 Å². The molecule has 0 rings (SSSR count). The summed E-state index contributed by atoms with van der Waals surface area (Å²) in [5.41, 5.74) is 0. The summed E-state index contributed by atoms with van der Waals surface area (Å²) in [6.45, 7) is 6.40. The smallest absolute Gasteiger partial charge is 0.306 e. The topological polar surface area (TPSA) is 78.9 Å². The summed E-state index contributed by atoms with van der Waals surface area (Å²) in [7, 11) is 0. The average molecular weight is 779 g/mol. The first kappa shape index (κ1) is 52.6. The molecule has 6 nitrogen and oxygen atoms in total. The molecule has 1 atom stereocenters. The SMILES string of the molecule is CCC\C=C/C=C\C=C/C=C\C=C/CCCCCCCC(=O)OCC(COC(=O)CCCCCCCCCCC)OC(=O)CCCCC/C=C\C=C/CCCC. The van der Waals surface area contributed by atoms with E-state index in [0.29, 0.717) is 12.8 Å². The van der Waals surface area contributed by atoms with Crippen LogP contribution in [0.1, 0.15) is 194 Å². The summed E-state index contributed by atoms with van der Waals surface area (Å²) in [5, 5.41) is 0. The molecule has 0 saturated heterocycles. The number of hydrogen-bond donors (Lipinski definition) is 0. The zero-order chi connectivity index (χ0) is 40.8. The van der Waals surface area contributed by atoms with Gasteiger partial charge >= 0.3 is 17.9 Å². The normalized spacial score (nSPS) is 12.8. The highest BCUT2D eigenvalue weighted by Crippen LogP contribution is 2.13. The highest BCUT2D eigenvalue weighted by Gasteiger charge is 2.19. The molecule has 0 aliphatic carbocycles. The molecule has 0 heterocycles. The van der Waals surface area contributed by atoms with E-state index in [1.165, 1.54) is 57.8 Å². The number of hydrogen-bond acceptors (Lipinski definition) is 6. The molecular formula is C50H82O6. The van der Waals surface area contributed by atoms with Crippen molar-refractivity contribution in [3.8, 4) is 0 Å². The first-order valence-corrected chi connectivity index (χ1v) is 22.7. The van der Waals surface area contributed by atoms with Crippen molar-refractivity contribution >= 4 is 17.9 Å². The molecule has 0 fully saturated rings. The average Bonchev–Trinajstić information content (AvgIpc) is 3.19. The maximum atomic E-state index is 12.7. The largest absolute Gasteiger partial charge is 0.462 e. The Bertz CT molecular complexity index is 1120. The Hall–Kier alpha value is -3.41. The lowest BCUT2D eigenvalue weighted by molar-refractivity contribution is -0.167. The Morgan fingerprint density at radius 1 is 0.357 bits per heavy atom. The predicted octanol–water partition coefficient (Wildman–Crippen LogP) is 14.5. The molecular weight excluding hydrogens is 697 g/mol. The third-order valence-corrected chi connectivity index (χ3v) is 9.26. The van der Waals surface area contributed by atoms with E-state index in [4.69, 9.17) is 14.2 Å². The highest BCUT2D eigenvalue weighted by molar-refractivity contribution is 5.71. The first-order valence-electron chi connectivity index (χ1n) is 22.7. The van der Waals surface area contributed by atoms with Gasteiger partial charge in [-0.1, -0.05) is 202 Å². The van der Waals surface area contributed by atoms with Gasteiger partial charge in [0.25, 0.3) is 0 Å². The van der Waals surface area contributed by atoms with E-state index in [9.17, 15) is 14.4 Å². The Labute approximate surface area is 344 Å². The van der Waals surface area contributed by atoms with E-state index < -0.39 is 6.10 Å². The molecule has 0 radical (unpaired) electrons. The molecule has 0 spiro atoms. The van der Waals surface area contributed by atoms with Crippen molar-refractivity contribution in [2.45, 2.75) is 200 Å². The van der Waals surface area contributed by atoms with Crippen LogP contribution >= 0.6 is 0 Å². The van der Waals surface area contributed by atoms with Crippen LogP contribution < -0.4 is 0 Å². The van der Waals surface area contributed by atoms with Gasteiger partial charge in [0.15, 0.2) is 6.10 Å². The molecule has 0 amide bonds. The minimum absolute atomic E-state index is 0.0961. The lowest BCUT2D eigenvalue weighted by atomic mass is 10.1. The summed E-state index contributed by atoms with van der Waals surface area (Å²) in [4.78, 5) is 37.7.